The number of pyridine rings is 1. The highest BCUT2D eigenvalue weighted by Gasteiger charge is 2.32. The number of hydrogen-bond donors (Lipinski definition) is 0. The monoisotopic (exact) mass is 536 g/mol. The van der Waals surface area contributed by atoms with Crippen molar-refractivity contribution in [3.63, 3.8) is 0 Å². The molecule has 198 valence electrons. The van der Waals surface area contributed by atoms with Gasteiger partial charge < -0.3 is 9.47 Å². The van der Waals surface area contributed by atoms with Gasteiger partial charge in [-0.1, -0.05) is 12.1 Å². The average Bonchev–Trinajstić information content (AvgIpc) is 3.49. The van der Waals surface area contributed by atoms with Gasteiger partial charge in [0, 0.05) is 61.3 Å². The molecule has 0 bridgehead atoms. The maximum absolute atomic E-state index is 15.5. The average molecular weight is 537 g/mol. The van der Waals surface area contributed by atoms with Crippen LogP contribution in [0.2, 0.25) is 0 Å². The van der Waals surface area contributed by atoms with E-state index < -0.39 is 21.5 Å². The summed E-state index contributed by atoms with van der Waals surface area (Å²) in [5.74, 6) is -1.71. The first-order chi connectivity index (χ1) is 18.1. The molecule has 2 saturated heterocycles. The first kappa shape index (κ1) is 25.0. The molecular weight excluding hydrogens is 506 g/mol. The molecule has 0 spiro atoms. The van der Waals surface area contributed by atoms with Crippen LogP contribution in [0.15, 0.2) is 53.4 Å². The number of sulfone groups is 1. The van der Waals surface area contributed by atoms with Crippen molar-refractivity contribution in [2.24, 2.45) is 7.05 Å². The van der Waals surface area contributed by atoms with E-state index in [1.165, 1.54) is 6.26 Å². The number of fused-ring (bicyclic) bond motifs is 2. The summed E-state index contributed by atoms with van der Waals surface area (Å²) < 4.78 is 56.5. The highest BCUT2D eigenvalue weighted by Crippen LogP contribution is 2.35. The zero-order valence-corrected chi connectivity index (χ0v) is 22.5. The topological polar surface area (TPSA) is 58.4 Å². The molecule has 2 aromatic carbocycles. The molecule has 9 heteroatoms. The minimum absolute atomic E-state index is 0.135. The number of anilines is 1. The van der Waals surface area contributed by atoms with Gasteiger partial charge in [-0.05, 0) is 68.3 Å². The van der Waals surface area contributed by atoms with Crippen molar-refractivity contribution in [1.82, 2.24) is 14.5 Å². The number of aromatic nitrogens is 2. The van der Waals surface area contributed by atoms with E-state index in [-0.39, 0.29) is 10.5 Å². The van der Waals surface area contributed by atoms with Gasteiger partial charge in [-0.25, -0.2) is 17.2 Å². The van der Waals surface area contributed by atoms with Crippen LogP contribution >= 0.6 is 0 Å². The molecule has 2 aromatic heterocycles. The molecule has 0 N–H and O–H groups in total. The molecule has 1 unspecified atom stereocenters. The van der Waals surface area contributed by atoms with Gasteiger partial charge in [0.25, 0.3) is 0 Å². The molecule has 0 aliphatic carbocycles. The highest BCUT2D eigenvalue weighted by molar-refractivity contribution is 7.90. The van der Waals surface area contributed by atoms with Crippen LogP contribution in [0.3, 0.4) is 0 Å². The summed E-state index contributed by atoms with van der Waals surface area (Å²) in [7, 11) is -1.39. The summed E-state index contributed by atoms with van der Waals surface area (Å²) in [6, 6.07) is 14.2. The van der Waals surface area contributed by atoms with Crippen LogP contribution < -0.4 is 4.90 Å². The first-order valence-corrected chi connectivity index (χ1v) is 14.8. The third-order valence-electron chi connectivity index (χ3n) is 8.08. The summed E-state index contributed by atoms with van der Waals surface area (Å²) in [5.41, 5.74) is 4.07. The lowest BCUT2D eigenvalue weighted by atomic mass is 10.1. The standard InChI is InChI=1S/C29H30F2N4O2S/c1-18-23-15-26(19-6-8-21(9-7-19)38(3,36)37)33(2)27(23)16-24(32-18)22-10-11-25(29(31)28(22)30)35-14-13-34-12-4-5-20(34)17-35/h6-11,15-16,20H,4-5,12-14,17H2,1-3H3. The lowest BCUT2D eigenvalue weighted by Gasteiger charge is -2.39. The Morgan fingerprint density at radius 2 is 1.74 bits per heavy atom. The first-order valence-electron chi connectivity index (χ1n) is 12.9. The van der Waals surface area contributed by atoms with E-state index in [9.17, 15) is 8.42 Å². The van der Waals surface area contributed by atoms with Crippen molar-refractivity contribution in [3.8, 4) is 22.5 Å². The minimum atomic E-state index is -3.29. The maximum atomic E-state index is 15.5. The molecule has 6 rings (SSSR count). The molecular formula is C29H30F2N4O2S. The van der Waals surface area contributed by atoms with E-state index in [1.807, 2.05) is 29.5 Å². The van der Waals surface area contributed by atoms with E-state index in [0.29, 0.717) is 29.7 Å². The van der Waals surface area contributed by atoms with Gasteiger partial charge in [0.15, 0.2) is 21.5 Å². The normalized spacial score (nSPS) is 18.3. The number of aryl methyl sites for hydroxylation is 2. The Kier molecular flexibility index (Phi) is 6.03. The predicted octanol–water partition coefficient (Wildman–Crippen LogP) is 5.18. The summed E-state index contributed by atoms with van der Waals surface area (Å²) in [6.07, 6.45) is 3.44. The van der Waals surface area contributed by atoms with Gasteiger partial charge in [0.1, 0.15) is 0 Å². The summed E-state index contributed by atoms with van der Waals surface area (Å²) in [5, 5.41) is 0.894. The van der Waals surface area contributed by atoms with Gasteiger partial charge in [-0.3, -0.25) is 9.88 Å². The fraction of sp³-hybridized carbons (Fsp3) is 0.345. The Hall–Kier alpha value is -3.30. The quantitative estimate of drug-likeness (QED) is 0.360. The molecule has 38 heavy (non-hydrogen) atoms. The Labute approximate surface area is 221 Å². The largest absolute Gasteiger partial charge is 0.366 e. The molecule has 0 amide bonds. The SMILES string of the molecule is Cc1nc(-c2ccc(N3CCN4CCCC4C3)c(F)c2F)cc2c1cc(-c1ccc(S(C)(=O)=O)cc1)n2C. The van der Waals surface area contributed by atoms with Crippen LogP contribution in [0.1, 0.15) is 18.5 Å². The van der Waals surface area contributed by atoms with Gasteiger partial charge in [0.2, 0.25) is 0 Å². The highest BCUT2D eigenvalue weighted by atomic mass is 32.2. The number of piperazine rings is 1. The van der Waals surface area contributed by atoms with Gasteiger partial charge in [-0.2, -0.15) is 0 Å². The van der Waals surface area contributed by atoms with E-state index >= 15 is 8.78 Å². The van der Waals surface area contributed by atoms with Crippen molar-refractivity contribution in [3.05, 3.63) is 65.9 Å². The van der Waals surface area contributed by atoms with Crippen LogP contribution in [0, 0.1) is 18.6 Å². The molecule has 6 nitrogen and oxygen atoms in total. The Bertz CT molecular complexity index is 1660. The summed E-state index contributed by atoms with van der Waals surface area (Å²) in [4.78, 5) is 9.30. The lowest BCUT2D eigenvalue weighted by molar-refractivity contribution is 0.230. The van der Waals surface area contributed by atoms with E-state index in [1.54, 1.807) is 42.5 Å². The zero-order chi connectivity index (χ0) is 26.8. The smallest absolute Gasteiger partial charge is 0.182 e. The Morgan fingerprint density at radius 1 is 0.974 bits per heavy atom. The number of hydrogen-bond acceptors (Lipinski definition) is 5. The predicted molar refractivity (Wildman–Crippen MR) is 146 cm³/mol. The van der Waals surface area contributed by atoms with Crippen molar-refractivity contribution in [2.45, 2.75) is 30.7 Å². The number of halogens is 2. The van der Waals surface area contributed by atoms with Crippen LogP contribution in [-0.4, -0.2) is 61.3 Å². The van der Waals surface area contributed by atoms with E-state index in [4.69, 9.17) is 0 Å². The maximum Gasteiger partial charge on any atom is 0.182 e. The number of benzene rings is 2. The molecule has 0 saturated carbocycles. The molecule has 1 atom stereocenters. The Morgan fingerprint density at radius 3 is 2.47 bits per heavy atom. The number of rotatable bonds is 4. The van der Waals surface area contributed by atoms with Crippen LogP contribution in [0.5, 0.6) is 0 Å². The van der Waals surface area contributed by atoms with Crippen molar-refractivity contribution >= 4 is 26.4 Å². The van der Waals surface area contributed by atoms with Gasteiger partial charge >= 0.3 is 0 Å². The fourth-order valence-corrected chi connectivity index (χ4v) is 6.59. The molecule has 4 aromatic rings. The lowest BCUT2D eigenvalue weighted by Crippen LogP contribution is -2.50. The van der Waals surface area contributed by atoms with Crippen molar-refractivity contribution in [2.75, 3.05) is 37.3 Å². The summed E-state index contributed by atoms with van der Waals surface area (Å²) >= 11 is 0. The fourth-order valence-electron chi connectivity index (χ4n) is 5.96. The molecule has 2 aliphatic heterocycles. The van der Waals surface area contributed by atoms with E-state index in [0.717, 1.165) is 54.6 Å². The second kappa shape index (κ2) is 9.17. The third kappa shape index (κ3) is 4.18. The van der Waals surface area contributed by atoms with Crippen molar-refractivity contribution < 1.29 is 17.2 Å². The summed E-state index contributed by atoms with van der Waals surface area (Å²) in [6.45, 7) is 5.22. The van der Waals surface area contributed by atoms with Crippen LogP contribution in [0.25, 0.3) is 33.4 Å². The molecule has 2 aliphatic rings. The van der Waals surface area contributed by atoms with Crippen LogP contribution in [-0.2, 0) is 16.9 Å². The third-order valence-corrected chi connectivity index (χ3v) is 9.20. The minimum Gasteiger partial charge on any atom is -0.366 e. The van der Waals surface area contributed by atoms with Gasteiger partial charge in [0.05, 0.1) is 21.8 Å². The van der Waals surface area contributed by atoms with Crippen LogP contribution in [0.4, 0.5) is 14.5 Å². The molecule has 2 fully saturated rings. The Balaban J connectivity index is 1.36. The number of nitrogens with zero attached hydrogens (tertiary/aromatic N) is 4. The van der Waals surface area contributed by atoms with Crippen molar-refractivity contribution in [1.29, 1.82) is 0 Å². The van der Waals surface area contributed by atoms with E-state index in [2.05, 4.69) is 9.88 Å². The second-order valence-electron chi connectivity index (χ2n) is 10.4. The second-order valence-corrected chi connectivity index (χ2v) is 12.5. The molecule has 0 radical (unpaired) electrons. The van der Waals surface area contributed by atoms with Gasteiger partial charge in [-0.15, -0.1) is 0 Å². The molecule has 4 heterocycles. The zero-order valence-electron chi connectivity index (χ0n) is 21.7.